The van der Waals surface area contributed by atoms with Gasteiger partial charge in [-0.05, 0) is 18.6 Å². The van der Waals surface area contributed by atoms with Gasteiger partial charge in [-0.15, -0.1) is 0 Å². The summed E-state index contributed by atoms with van der Waals surface area (Å²) >= 11 is 1.35. The number of imidazole rings is 1. The van der Waals surface area contributed by atoms with Crippen molar-refractivity contribution in [1.29, 1.82) is 0 Å². The van der Waals surface area contributed by atoms with Crippen LogP contribution in [0.1, 0.15) is 6.42 Å². The molecular formula is C16H19N3O3S2. The smallest absolute Gasteiger partial charge is 0.237 e. The topological polar surface area (TPSA) is 72.3 Å². The van der Waals surface area contributed by atoms with Crippen molar-refractivity contribution in [2.45, 2.75) is 17.6 Å². The zero-order chi connectivity index (χ0) is 17.2. The van der Waals surface area contributed by atoms with Gasteiger partial charge >= 0.3 is 0 Å². The fourth-order valence-corrected chi connectivity index (χ4v) is 5.30. The van der Waals surface area contributed by atoms with Gasteiger partial charge in [0.2, 0.25) is 5.91 Å². The zero-order valence-electron chi connectivity index (χ0n) is 13.3. The minimum atomic E-state index is -3.06. The average molecular weight is 365 g/mol. The van der Waals surface area contributed by atoms with Crippen molar-refractivity contribution in [1.82, 2.24) is 9.55 Å². The van der Waals surface area contributed by atoms with Crippen molar-refractivity contribution < 1.29 is 13.2 Å². The summed E-state index contributed by atoms with van der Waals surface area (Å²) in [7, 11) is -1.19. The first-order valence-electron chi connectivity index (χ1n) is 7.64. The maximum absolute atomic E-state index is 12.8. The summed E-state index contributed by atoms with van der Waals surface area (Å²) in [6.07, 6.45) is 3.99. The lowest BCUT2D eigenvalue weighted by Crippen LogP contribution is -2.42. The average Bonchev–Trinajstić information content (AvgIpc) is 3.12. The van der Waals surface area contributed by atoms with Gasteiger partial charge in [0.1, 0.15) is 0 Å². The fourth-order valence-electron chi connectivity index (χ4n) is 2.81. The van der Waals surface area contributed by atoms with Crippen molar-refractivity contribution >= 4 is 33.2 Å². The van der Waals surface area contributed by atoms with E-state index in [-0.39, 0.29) is 29.2 Å². The summed E-state index contributed by atoms with van der Waals surface area (Å²) in [5.41, 5.74) is 0.741. The molecule has 0 saturated carbocycles. The summed E-state index contributed by atoms with van der Waals surface area (Å²) in [5, 5.41) is 0.760. The highest BCUT2D eigenvalue weighted by atomic mass is 32.2. The summed E-state index contributed by atoms with van der Waals surface area (Å²) < 4.78 is 25.5. The van der Waals surface area contributed by atoms with E-state index >= 15 is 0 Å². The number of thioether (sulfide) groups is 1. The Hall–Kier alpha value is -1.80. The quantitative estimate of drug-likeness (QED) is 0.755. The van der Waals surface area contributed by atoms with E-state index in [1.807, 2.05) is 48.1 Å². The number of carbonyl (C=O) groups is 1. The lowest BCUT2D eigenvalue weighted by atomic mass is 10.2. The molecule has 0 N–H and O–H groups in total. The van der Waals surface area contributed by atoms with Gasteiger partial charge in [-0.25, -0.2) is 13.4 Å². The van der Waals surface area contributed by atoms with Crippen molar-refractivity contribution in [3.63, 3.8) is 0 Å². The second-order valence-electron chi connectivity index (χ2n) is 5.77. The van der Waals surface area contributed by atoms with Gasteiger partial charge in [0.25, 0.3) is 0 Å². The van der Waals surface area contributed by atoms with E-state index in [9.17, 15) is 13.2 Å². The Morgan fingerprint density at radius 3 is 2.71 bits per heavy atom. The minimum Gasteiger partial charge on any atom is -0.329 e. The summed E-state index contributed by atoms with van der Waals surface area (Å²) in [4.78, 5) is 18.7. The zero-order valence-corrected chi connectivity index (χ0v) is 15.0. The van der Waals surface area contributed by atoms with Gasteiger partial charge in [-0.3, -0.25) is 4.79 Å². The molecule has 1 aromatic heterocycles. The molecule has 0 unspecified atom stereocenters. The Bertz CT molecular complexity index is 818. The highest BCUT2D eigenvalue weighted by Gasteiger charge is 2.35. The van der Waals surface area contributed by atoms with Crippen LogP contribution < -0.4 is 4.90 Å². The molecule has 1 aliphatic rings. The predicted molar refractivity (Wildman–Crippen MR) is 94.9 cm³/mol. The van der Waals surface area contributed by atoms with Crippen LogP contribution >= 0.6 is 11.8 Å². The SMILES string of the molecule is Cn1ccnc1SCC(=O)N(c1ccccc1)[C@@H]1CCS(=O)(=O)C1. The maximum atomic E-state index is 12.8. The molecule has 1 amide bonds. The van der Waals surface area contributed by atoms with Crippen molar-refractivity contribution in [2.24, 2.45) is 7.05 Å². The van der Waals surface area contributed by atoms with E-state index in [1.54, 1.807) is 11.1 Å². The second-order valence-corrected chi connectivity index (χ2v) is 8.94. The van der Waals surface area contributed by atoms with Gasteiger partial charge in [-0.2, -0.15) is 0 Å². The lowest BCUT2D eigenvalue weighted by Gasteiger charge is -2.28. The normalized spacial score (nSPS) is 19.3. The minimum absolute atomic E-state index is 0.0285. The molecule has 8 heteroatoms. The molecule has 3 rings (SSSR count). The van der Waals surface area contributed by atoms with Crippen molar-refractivity contribution in [2.75, 3.05) is 22.2 Å². The molecule has 6 nitrogen and oxygen atoms in total. The second kappa shape index (κ2) is 6.98. The third-order valence-corrected chi connectivity index (χ3v) is 6.77. The monoisotopic (exact) mass is 365 g/mol. The lowest BCUT2D eigenvalue weighted by molar-refractivity contribution is -0.116. The van der Waals surface area contributed by atoms with Crippen LogP contribution in [0.2, 0.25) is 0 Å². The number of hydrogen-bond acceptors (Lipinski definition) is 5. The van der Waals surface area contributed by atoms with Gasteiger partial charge < -0.3 is 9.47 Å². The molecule has 0 bridgehead atoms. The number of aromatic nitrogens is 2. The number of hydrogen-bond donors (Lipinski definition) is 0. The number of sulfone groups is 1. The van der Waals surface area contributed by atoms with Crippen LogP contribution in [-0.2, 0) is 21.7 Å². The Morgan fingerprint density at radius 1 is 1.38 bits per heavy atom. The molecule has 1 aliphatic heterocycles. The molecule has 0 aliphatic carbocycles. The number of benzene rings is 1. The Morgan fingerprint density at radius 2 is 2.12 bits per heavy atom. The number of carbonyl (C=O) groups excluding carboxylic acids is 1. The van der Waals surface area contributed by atoms with Crippen LogP contribution in [0.3, 0.4) is 0 Å². The van der Waals surface area contributed by atoms with E-state index < -0.39 is 9.84 Å². The molecule has 1 fully saturated rings. The van der Waals surface area contributed by atoms with Gasteiger partial charge in [0, 0.05) is 25.1 Å². The molecule has 2 heterocycles. The van der Waals surface area contributed by atoms with E-state index in [4.69, 9.17) is 0 Å². The van der Waals surface area contributed by atoms with E-state index in [0.717, 1.165) is 10.8 Å². The summed E-state index contributed by atoms with van der Waals surface area (Å²) in [5.74, 6) is 0.286. The highest BCUT2D eigenvalue weighted by Crippen LogP contribution is 2.26. The number of para-hydroxylation sites is 1. The van der Waals surface area contributed by atoms with Crippen molar-refractivity contribution in [3.8, 4) is 0 Å². The molecule has 1 atom stereocenters. The van der Waals surface area contributed by atoms with E-state index in [2.05, 4.69) is 4.98 Å². The number of aryl methyl sites for hydroxylation is 1. The Kier molecular flexibility index (Phi) is 4.96. The first-order valence-corrected chi connectivity index (χ1v) is 10.4. The van der Waals surface area contributed by atoms with E-state index in [0.29, 0.717) is 6.42 Å². The number of rotatable bonds is 5. The molecular weight excluding hydrogens is 346 g/mol. The van der Waals surface area contributed by atoms with Crippen molar-refractivity contribution in [3.05, 3.63) is 42.7 Å². The number of nitrogens with zero attached hydrogens (tertiary/aromatic N) is 3. The van der Waals surface area contributed by atoms with Crippen LogP contribution in [0, 0.1) is 0 Å². The molecule has 2 aromatic rings. The van der Waals surface area contributed by atoms with Crippen LogP contribution in [0.15, 0.2) is 47.9 Å². The van der Waals surface area contributed by atoms with Gasteiger partial charge in [0.15, 0.2) is 15.0 Å². The fraction of sp³-hybridized carbons (Fsp3) is 0.375. The first kappa shape index (κ1) is 17.0. The predicted octanol–water partition coefficient (Wildman–Crippen LogP) is 1.73. The number of anilines is 1. The molecule has 0 spiro atoms. The van der Waals surface area contributed by atoms with Crippen LogP contribution in [0.25, 0.3) is 0 Å². The third-order valence-electron chi connectivity index (χ3n) is 3.98. The molecule has 1 aromatic carbocycles. The molecule has 0 radical (unpaired) electrons. The van der Waals surface area contributed by atoms with Crippen LogP contribution in [0.4, 0.5) is 5.69 Å². The van der Waals surface area contributed by atoms with Crippen LogP contribution in [-0.4, -0.2) is 47.2 Å². The van der Waals surface area contributed by atoms with Gasteiger partial charge in [0.05, 0.1) is 23.3 Å². The Labute approximate surface area is 145 Å². The maximum Gasteiger partial charge on any atom is 0.237 e. The van der Waals surface area contributed by atoms with Gasteiger partial charge in [-0.1, -0.05) is 30.0 Å². The highest BCUT2D eigenvalue weighted by molar-refractivity contribution is 7.99. The number of amides is 1. The Balaban J connectivity index is 1.79. The molecule has 128 valence electrons. The summed E-state index contributed by atoms with van der Waals surface area (Å²) in [6, 6.07) is 8.96. The van der Waals surface area contributed by atoms with Crippen LogP contribution in [0.5, 0.6) is 0 Å². The molecule has 1 saturated heterocycles. The summed E-state index contributed by atoms with van der Waals surface area (Å²) in [6.45, 7) is 0. The molecule has 24 heavy (non-hydrogen) atoms. The largest absolute Gasteiger partial charge is 0.329 e. The third kappa shape index (κ3) is 3.81. The standard InChI is InChI=1S/C16H19N3O3S2/c1-18-9-8-17-16(18)23-11-15(20)19(13-5-3-2-4-6-13)14-7-10-24(21,22)12-14/h2-6,8-9,14H,7,10-12H2,1H3/t14-/m1/s1. The first-order chi connectivity index (χ1) is 11.5. The van der Waals surface area contributed by atoms with E-state index in [1.165, 1.54) is 11.8 Å².